The summed E-state index contributed by atoms with van der Waals surface area (Å²) >= 11 is 1.45. The highest BCUT2D eigenvalue weighted by Gasteiger charge is 2.49. The van der Waals surface area contributed by atoms with Gasteiger partial charge in [0.15, 0.2) is 0 Å². The van der Waals surface area contributed by atoms with Gasteiger partial charge in [0.1, 0.15) is 22.8 Å². The molecule has 0 spiro atoms. The number of rotatable bonds is 5. The van der Waals surface area contributed by atoms with E-state index in [1.54, 1.807) is 6.20 Å². The van der Waals surface area contributed by atoms with E-state index in [1.807, 2.05) is 39.8 Å². The van der Waals surface area contributed by atoms with Crippen molar-refractivity contribution < 1.29 is 15.0 Å². The summed E-state index contributed by atoms with van der Waals surface area (Å²) in [5.74, 6) is -0.154. The van der Waals surface area contributed by atoms with Crippen molar-refractivity contribution in [3.8, 4) is 10.4 Å². The smallest absolute Gasteiger partial charge is 0.307 e. The predicted molar refractivity (Wildman–Crippen MR) is 123 cm³/mol. The van der Waals surface area contributed by atoms with Gasteiger partial charge >= 0.3 is 5.97 Å². The van der Waals surface area contributed by atoms with E-state index in [2.05, 4.69) is 31.3 Å². The predicted octanol–water partition coefficient (Wildman–Crippen LogP) is 4.45. The molecule has 3 N–H and O–H groups in total. The SMILES string of the molecule is Cc1cc(Nc2ncnc(C)n2)cc(-c2cnc(C3(O)CCC(C(=O)O)C(C)(C)C3)s2)c1. The summed E-state index contributed by atoms with van der Waals surface area (Å²) < 4.78 is 0. The molecule has 0 amide bonds. The molecule has 1 fully saturated rings. The van der Waals surface area contributed by atoms with Crippen LogP contribution in [0.3, 0.4) is 0 Å². The van der Waals surface area contributed by atoms with Crippen molar-refractivity contribution in [3.63, 3.8) is 0 Å². The molecule has 1 aliphatic rings. The van der Waals surface area contributed by atoms with Crippen LogP contribution in [0.15, 0.2) is 30.7 Å². The number of hydrogen-bond acceptors (Lipinski definition) is 8. The molecule has 2 aromatic heterocycles. The van der Waals surface area contributed by atoms with Gasteiger partial charge in [-0.2, -0.15) is 4.98 Å². The number of aliphatic carboxylic acids is 1. The van der Waals surface area contributed by atoms with Gasteiger partial charge in [-0.05, 0) is 61.8 Å². The lowest BCUT2D eigenvalue weighted by Gasteiger charge is -2.44. The zero-order valence-electron chi connectivity index (χ0n) is 18.6. The number of anilines is 2. The van der Waals surface area contributed by atoms with Gasteiger partial charge in [-0.1, -0.05) is 19.9 Å². The number of carbonyl (C=O) groups is 1. The van der Waals surface area contributed by atoms with Gasteiger partial charge < -0.3 is 15.5 Å². The summed E-state index contributed by atoms with van der Waals surface area (Å²) in [5.41, 5.74) is 1.25. The molecular formula is C23H27N5O3S. The van der Waals surface area contributed by atoms with Gasteiger partial charge in [0, 0.05) is 11.9 Å². The summed E-state index contributed by atoms with van der Waals surface area (Å²) in [6.07, 6.45) is 4.43. The van der Waals surface area contributed by atoms with Crippen molar-refractivity contribution in [1.82, 2.24) is 19.9 Å². The number of aryl methyl sites for hydroxylation is 2. The molecule has 168 valence electrons. The normalized spacial score (nSPS) is 22.5. The summed E-state index contributed by atoms with van der Waals surface area (Å²) in [4.78, 5) is 29.6. The van der Waals surface area contributed by atoms with E-state index in [-0.39, 0.29) is 0 Å². The number of thiazole rings is 1. The minimum Gasteiger partial charge on any atom is -0.481 e. The highest BCUT2D eigenvalue weighted by Crippen LogP contribution is 2.50. The van der Waals surface area contributed by atoms with Crippen LogP contribution in [-0.2, 0) is 10.4 Å². The first kappa shape index (κ1) is 22.3. The highest BCUT2D eigenvalue weighted by molar-refractivity contribution is 7.15. The van der Waals surface area contributed by atoms with Crippen molar-refractivity contribution in [2.45, 2.75) is 52.6 Å². The first-order valence-electron chi connectivity index (χ1n) is 10.5. The molecule has 2 atom stereocenters. The summed E-state index contributed by atoms with van der Waals surface area (Å²) in [6, 6.07) is 6.07. The largest absolute Gasteiger partial charge is 0.481 e. The lowest BCUT2D eigenvalue weighted by molar-refractivity contribution is -0.154. The third-order valence-corrected chi connectivity index (χ3v) is 7.29. The molecule has 0 saturated heterocycles. The van der Waals surface area contributed by atoms with Gasteiger partial charge in [0.05, 0.1) is 10.8 Å². The van der Waals surface area contributed by atoms with E-state index in [4.69, 9.17) is 0 Å². The Morgan fingerprint density at radius 3 is 2.66 bits per heavy atom. The summed E-state index contributed by atoms with van der Waals surface area (Å²) in [5, 5.41) is 24.8. The maximum absolute atomic E-state index is 11.6. The van der Waals surface area contributed by atoms with E-state index in [1.165, 1.54) is 17.7 Å². The number of aromatic nitrogens is 4. The van der Waals surface area contributed by atoms with Crippen LogP contribution < -0.4 is 5.32 Å². The third-order valence-electron chi connectivity index (χ3n) is 6.05. The molecule has 2 unspecified atom stereocenters. The van der Waals surface area contributed by atoms with E-state index in [9.17, 15) is 15.0 Å². The van der Waals surface area contributed by atoms with Crippen LogP contribution in [0, 0.1) is 25.2 Å². The Bertz CT molecular complexity index is 1160. The van der Waals surface area contributed by atoms with Crippen molar-refractivity contribution in [2.75, 3.05) is 5.32 Å². The molecule has 4 rings (SSSR count). The molecular weight excluding hydrogens is 426 g/mol. The molecule has 0 aliphatic heterocycles. The molecule has 8 nitrogen and oxygen atoms in total. The molecule has 0 bridgehead atoms. The number of carboxylic acid groups (broad SMARTS) is 1. The topological polar surface area (TPSA) is 121 Å². The van der Waals surface area contributed by atoms with Crippen molar-refractivity contribution in [1.29, 1.82) is 0 Å². The van der Waals surface area contributed by atoms with E-state index < -0.39 is 22.9 Å². The fourth-order valence-corrected chi connectivity index (χ4v) is 5.59. The second kappa shape index (κ2) is 8.22. The average molecular weight is 454 g/mol. The minimum absolute atomic E-state index is 0.364. The molecule has 1 saturated carbocycles. The van der Waals surface area contributed by atoms with Crippen molar-refractivity contribution in [3.05, 3.63) is 47.1 Å². The maximum atomic E-state index is 11.6. The quantitative estimate of drug-likeness (QED) is 0.518. The monoisotopic (exact) mass is 453 g/mol. The van der Waals surface area contributed by atoms with Gasteiger partial charge in [-0.3, -0.25) is 4.79 Å². The zero-order valence-corrected chi connectivity index (χ0v) is 19.4. The average Bonchev–Trinajstić information content (AvgIpc) is 3.17. The second-order valence-electron chi connectivity index (χ2n) is 9.23. The Kier molecular flexibility index (Phi) is 5.72. The van der Waals surface area contributed by atoms with E-state index in [0.717, 1.165) is 21.7 Å². The molecule has 9 heteroatoms. The highest BCUT2D eigenvalue weighted by atomic mass is 32.1. The Morgan fingerprint density at radius 1 is 1.19 bits per heavy atom. The number of carboxylic acids is 1. The van der Waals surface area contributed by atoms with Crippen LogP contribution in [0.25, 0.3) is 10.4 Å². The van der Waals surface area contributed by atoms with Crippen LogP contribution in [0.1, 0.15) is 49.5 Å². The third kappa shape index (κ3) is 4.49. The van der Waals surface area contributed by atoms with Crippen LogP contribution in [0.5, 0.6) is 0 Å². The summed E-state index contributed by atoms with van der Waals surface area (Å²) in [7, 11) is 0. The second-order valence-corrected chi connectivity index (χ2v) is 10.3. The van der Waals surface area contributed by atoms with E-state index >= 15 is 0 Å². The lowest BCUT2D eigenvalue weighted by Crippen LogP contribution is -2.44. The first-order chi connectivity index (χ1) is 15.1. The molecule has 1 aliphatic carbocycles. The van der Waals surface area contributed by atoms with Gasteiger partial charge in [0.2, 0.25) is 5.95 Å². The first-order valence-corrected chi connectivity index (χ1v) is 11.3. The number of benzene rings is 1. The maximum Gasteiger partial charge on any atom is 0.307 e. The van der Waals surface area contributed by atoms with Crippen LogP contribution in [0.2, 0.25) is 0 Å². The molecule has 32 heavy (non-hydrogen) atoms. The molecule has 2 heterocycles. The standard InChI is InChI=1S/C23H27N5O3S/c1-13-7-15(9-16(8-13)28-21-26-12-25-14(2)27-21)18-10-24-20(32-18)23(31)6-5-17(19(29)30)22(3,4)11-23/h7-10,12,17,31H,5-6,11H2,1-4H3,(H,29,30)(H,25,26,27,28). The van der Waals surface area contributed by atoms with Gasteiger partial charge in [0.25, 0.3) is 0 Å². The number of hydrogen-bond donors (Lipinski definition) is 3. The number of aliphatic hydroxyl groups is 1. The fraction of sp³-hybridized carbons (Fsp3) is 0.435. The van der Waals surface area contributed by atoms with Crippen LogP contribution in [0.4, 0.5) is 11.6 Å². The fourth-order valence-electron chi connectivity index (χ4n) is 4.57. The Labute approximate surface area is 190 Å². The van der Waals surface area contributed by atoms with Crippen molar-refractivity contribution in [2.24, 2.45) is 11.3 Å². The van der Waals surface area contributed by atoms with Gasteiger partial charge in [-0.25, -0.2) is 15.0 Å². The molecule has 3 aromatic rings. The van der Waals surface area contributed by atoms with Crippen LogP contribution >= 0.6 is 11.3 Å². The lowest BCUT2D eigenvalue weighted by atomic mass is 9.63. The van der Waals surface area contributed by atoms with Gasteiger partial charge in [-0.15, -0.1) is 11.3 Å². The number of nitrogens with zero attached hydrogens (tertiary/aromatic N) is 4. The summed E-state index contributed by atoms with van der Waals surface area (Å²) in [6.45, 7) is 7.64. The minimum atomic E-state index is -1.12. The Morgan fingerprint density at radius 2 is 1.97 bits per heavy atom. The molecule has 0 radical (unpaired) electrons. The van der Waals surface area contributed by atoms with Crippen LogP contribution in [-0.4, -0.2) is 36.1 Å². The zero-order chi connectivity index (χ0) is 23.1. The number of nitrogens with one attached hydrogen (secondary N) is 1. The molecule has 1 aromatic carbocycles. The Hall–Kier alpha value is -2.91. The van der Waals surface area contributed by atoms with Crippen molar-refractivity contribution >= 4 is 28.9 Å². The Balaban J connectivity index is 1.60. The van der Waals surface area contributed by atoms with E-state index in [0.29, 0.717) is 36.0 Å².